The van der Waals surface area contributed by atoms with Crippen molar-refractivity contribution in [2.24, 2.45) is 4.99 Å². The van der Waals surface area contributed by atoms with E-state index in [4.69, 9.17) is 9.41 Å². The Bertz CT molecular complexity index is 2300. The van der Waals surface area contributed by atoms with Crippen LogP contribution in [0.3, 0.4) is 0 Å². The third-order valence-corrected chi connectivity index (χ3v) is 9.73. The van der Waals surface area contributed by atoms with Crippen LogP contribution < -0.4 is 10.6 Å². The third kappa shape index (κ3) is 4.14. The number of nitrogens with zero attached hydrogens (tertiary/aromatic N) is 1. The van der Waals surface area contributed by atoms with Gasteiger partial charge in [-0.05, 0) is 62.7 Å². The first kappa shape index (κ1) is 26.9. The van der Waals surface area contributed by atoms with Crippen molar-refractivity contribution in [1.29, 1.82) is 0 Å². The molecule has 2 N–H and O–H groups in total. The number of benzene rings is 6. The highest BCUT2D eigenvalue weighted by Gasteiger charge is 2.38. The molecule has 1 aliphatic carbocycles. The number of para-hydroxylation sites is 1. The molecule has 2 heterocycles. The Morgan fingerprint density at radius 1 is 0.609 bits per heavy atom. The summed E-state index contributed by atoms with van der Waals surface area (Å²) in [7, 11) is 0. The first-order valence-electron chi connectivity index (χ1n) is 16.0. The maximum Gasteiger partial charge on any atom is 0.136 e. The zero-order valence-electron chi connectivity index (χ0n) is 25.8. The van der Waals surface area contributed by atoms with Crippen molar-refractivity contribution in [1.82, 2.24) is 10.6 Å². The van der Waals surface area contributed by atoms with Gasteiger partial charge in [0.05, 0.1) is 0 Å². The van der Waals surface area contributed by atoms with Gasteiger partial charge in [0.25, 0.3) is 0 Å². The average molecular weight is 596 g/mol. The van der Waals surface area contributed by atoms with Crippen molar-refractivity contribution in [2.75, 3.05) is 0 Å². The first-order valence-corrected chi connectivity index (χ1v) is 16.0. The maximum atomic E-state index is 6.60. The third-order valence-electron chi connectivity index (χ3n) is 9.73. The molecule has 4 nitrogen and oxygen atoms in total. The van der Waals surface area contributed by atoms with Crippen LogP contribution in [0.4, 0.5) is 0 Å². The van der Waals surface area contributed by atoms with Crippen molar-refractivity contribution in [3.63, 3.8) is 0 Å². The van der Waals surface area contributed by atoms with Gasteiger partial charge < -0.3 is 9.73 Å². The van der Waals surface area contributed by atoms with Crippen molar-refractivity contribution >= 4 is 27.8 Å². The zero-order valence-corrected chi connectivity index (χ0v) is 25.8. The number of furan rings is 1. The van der Waals surface area contributed by atoms with E-state index in [1.165, 1.54) is 27.8 Å². The van der Waals surface area contributed by atoms with E-state index in [1.54, 1.807) is 0 Å². The molecule has 0 amide bonds. The van der Waals surface area contributed by atoms with E-state index in [9.17, 15) is 0 Å². The van der Waals surface area contributed by atoms with E-state index in [1.807, 2.05) is 12.1 Å². The summed E-state index contributed by atoms with van der Waals surface area (Å²) in [6.45, 7) is 4.70. The second-order valence-electron chi connectivity index (χ2n) is 12.8. The molecule has 0 radical (unpaired) electrons. The minimum atomic E-state index is -0.216. The molecule has 1 aromatic heterocycles. The normalized spacial score (nSPS) is 18.2. The highest BCUT2D eigenvalue weighted by Crippen LogP contribution is 2.53. The second kappa shape index (κ2) is 10.3. The fourth-order valence-corrected chi connectivity index (χ4v) is 7.60. The molecule has 2 unspecified atom stereocenters. The molecule has 0 saturated carbocycles. The van der Waals surface area contributed by atoms with Gasteiger partial charge in [-0.2, -0.15) is 0 Å². The SMILES string of the molecule is CC1(C)c2ccccc2-c2cccc(-c3cc(C4=NC(c5ccccc5)NC(c5ccccc5)N4)cc4oc5ccccc5c34)c21. The summed E-state index contributed by atoms with van der Waals surface area (Å²) in [6.07, 6.45) is -0.338. The number of nitrogens with one attached hydrogen (secondary N) is 2. The highest BCUT2D eigenvalue weighted by molar-refractivity contribution is 6.16. The van der Waals surface area contributed by atoms with Crippen molar-refractivity contribution in [3.05, 3.63) is 167 Å². The minimum Gasteiger partial charge on any atom is -0.456 e. The summed E-state index contributed by atoms with van der Waals surface area (Å²) in [5, 5.41) is 9.72. The molecule has 0 saturated heterocycles. The van der Waals surface area contributed by atoms with Gasteiger partial charge in [-0.3, -0.25) is 5.32 Å². The Balaban J connectivity index is 1.29. The molecule has 2 aliphatic rings. The molecular weight excluding hydrogens is 562 g/mol. The van der Waals surface area contributed by atoms with Gasteiger partial charge in [0.2, 0.25) is 0 Å². The van der Waals surface area contributed by atoms with Gasteiger partial charge in [0.1, 0.15) is 29.3 Å². The second-order valence-corrected chi connectivity index (χ2v) is 12.8. The van der Waals surface area contributed by atoms with Crippen LogP contribution in [0.25, 0.3) is 44.2 Å². The topological polar surface area (TPSA) is 49.6 Å². The monoisotopic (exact) mass is 595 g/mol. The predicted octanol–water partition coefficient (Wildman–Crippen LogP) is 9.90. The zero-order chi connectivity index (χ0) is 30.8. The minimum absolute atomic E-state index is 0.122. The summed E-state index contributed by atoms with van der Waals surface area (Å²) < 4.78 is 6.60. The number of hydrogen-bond acceptors (Lipinski definition) is 4. The largest absolute Gasteiger partial charge is 0.456 e. The fourth-order valence-electron chi connectivity index (χ4n) is 7.60. The molecule has 2 atom stereocenters. The number of hydrogen-bond donors (Lipinski definition) is 2. The van der Waals surface area contributed by atoms with Crippen LogP contribution in [0.15, 0.2) is 149 Å². The van der Waals surface area contributed by atoms with E-state index in [0.717, 1.165) is 50.0 Å². The Hall–Kier alpha value is -5.45. The van der Waals surface area contributed by atoms with Crippen LogP contribution in [-0.4, -0.2) is 5.84 Å². The maximum absolute atomic E-state index is 6.60. The highest BCUT2D eigenvalue weighted by atomic mass is 16.3. The Labute approximate surface area is 268 Å². The molecule has 46 heavy (non-hydrogen) atoms. The van der Waals surface area contributed by atoms with Crippen LogP contribution >= 0.6 is 0 Å². The molecule has 1 aliphatic heterocycles. The van der Waals surface area contributed by atoms with E-state index in [2.05, 4.69) is 152 Å². The first-order chi connectivity index (χ1) is 22.6. The van der Waals surface area contributed by atoms with Crippen molar-refractivity contribution in [3.8, 4) is 22.3 Å². The van der Waals surface area contributed by atoms with Crippen molar-refractivity contribution < 1.29 is 4.42 Å². The lowest BCUT2D eigenvalue weighted by Crippen LogP contribution is -2.44. The van der Waals surface area contributed by atoms with Gasteiger partial charge >= 0.3 is 0 Å². The summed E-state index contributed by atoms with van der Waals surface area (Å²) in [6, 6.07) is 49.4. The average Bonchev–Trinajstić information content (AvgIpc) is 3.61. The molecule has 0 bridgehead atoms. The van der Waals surface area contributed by atoms with E-state index >= 15 is 0 Å². The molecule has 222 valence electrons. The van der Waals surface area contributed by atoms with E-state index in [0.29, 0.717) is 0 Å². The van der Waals surface area contributed by atoms with Gasteiger partial charge in [0, 0.05) is 21.8 Å². The molecule has 6 aromatic carbocycles. The van der Waals surface area contributed by atoms with E-state index < -0.39 is 0 Å². The van der Waals surface area contributed by atoms with Crippen LogP contribution in [0, 0.1) is 0 Å². The molecule has 0 spiro atoms. The Morgan fingerprint density at radius 3 is 2.07 bits per heavy atom. The smallest absolute Gasteiger partial charge is 0.136 e. The summed E-state index contributed by atoms with van der Waals surface area (Å²) in [5.74, 6) is 0.834. The van der Waals surface area contributed by atoms with Gasteiger partial charge in [-0.1, -0.05) is 135 Å². The van der Waals surface area contributed by atoms with Gasteiger partial charge in [-0.25, -0.2) is 4.99 Å². The Kier molecular flexibility index (Phi) is 6.02. The lowest BCUT2D eigenvalue weighted by Gasteiger charge is -2.32. The standard InChI is InChI=1S/C42H33N3O/c1-42(2)34-22-11-9-18-29(34)30-20-13-21-31(38(30)42)33-24-28(25-36-37(33)32-19-10-12-23-35(32)46-36)41-44-39(26-14-5-3-6-15-26)43-40(45-41)27-16-7-4-8-17-27/h3-25,39-40,43H,1-2H3,(H,44,45). The Morgan fingerprint density at radius 2 is 1.26 bits per heavy atom. The molecule has 0 fully saturated rings. The van der Waals surface area contributed by atoms with Crippen LogP contribution in [-0.2, 0) is 5.41 Å². The lowest BCUT2D eigenvalue weighted by molar-refractivity contribution is 0.409. The van der Waals surface area contributed by atoms with Crippen LogP contribution in [0.1, 0.15) is 54.0 Å². The van der Waals surface area contributed by atoms with E-state index in [-0.39, 0.29) is 17.7 Å². The van der Waals surface area contributed by atoms with Gasteiger partial charge in [-0.15, -0.1) is 0 Å². The van der Waals surface area contributed by atoms with Crippen LogP contribution in [0.5, 0.6) is 0 Å². The number of rotatable bonds is 4. The molecular formula is C42H33N3O. The predicted molar refractivity (Wildman–Crippen MR) is 188 cm³/mol. The van der Waals surface area contributed by atoms with Crippen molar-refractivity contribution in [2.45, 2.75) is 31.6 Å². The molecule has 7 aromatic rings. The number of amidine groups is 1. The fraction of sp³-hybridized carbons (Fsp3) is 0.119. The molecule has 4 heteroatoms. The lowest BCUT2D eigenvalue weighted by atomic mass is 9.78. The number of aliphatic imine (C=N–C) groups is 1. The summed E-state index contributed by atoms with van der Waals surface area (Å²) in [4.78, 5) is 5.28. The quantitative estimate of drug-likeness (QED) is 0.213. The summed E-state index contributed by atoms with van der Waals surface area (Å²) >= 11 is 0. The number of fused-ring (bicyclic) bond motifs is 6. The summed E-state index contributed by atoms with van der Waals surface area (Å²) in [5.41, 5.74) is 12.6. The molecule has 9 rings (SSSR count). The van der Waals surface area contributed by atoms with Gasteiger partial charge in [0.15, 0.2) is 0 Å². The van der Waals surface area contributed by atoms with Crippen LogP contribution in [0.2, 0.25) is 0 Å².